The number of nitrogens with zero attached hydrogens (tertiary/aromatic N) is 2. The highest BCUT2D eigenvalue weighted by atomic mass is 19.1. The van der Waals surface area contributed by atoms with Gasteiger partial charge in [-0.05, 0) is 26.0 Å². The number of aryl methyl sites for hydroxylation is 2. The molecule has 0 bridgehead atoms. The molecular weight excluding hydrogens is 195 g/mol. The fourth-order valence-electron chi connectivity index (χ4n) is 1.53. The highest BCUT2D eigenvalue weighted by Gasteiger charge is 2.09. The normalized spacial score (nSPS) is 10.7. The van der Waals surface area contributed by atoms with Gasteiger partial charge in [-0.25, -0.2) is 20.2 Å². The maximum absolute atomic E-state index is 13.3. The first-order chi connectivity index (χ1) is 7.13. The zero-order chi connectivity index (χ0) is 11.0. The molecule has 2 rings (SSSR count). The largest absolute Gasteiger partial charge is 0.308 e. The van der Waals surface area contributed by atoms with Gasteiger partial charge in [-0.1, -0.05) is 0 Å². The van der Waals surface area contributed by atoms with Gasteiger partial charge < -0.3 is 5.43 Å². The molecule has 2 aromatic rings. The highest BCUT2D eigenvalue weighted by Crippen LogP contribution is 2.23. The molecule has 0 aliphatic carbocycles. The summed E-state index contributed by atoms with van der Waals surface area (Å²) >= 11 is 0. The van der Waals surface area contributed by atoms with Crippen LogP contribution in [0.5, 0.6) is 0 Å². The van der Waals surface area contributed by atoms with Gasteiger partial charge in [0.25, 0.3) is 0 Å². The minimum absolute atomic E-state index is 0.274. The van der Waals surface area contributed by atoms with Crippen molar-refractivity contribution in [3.8, 4) is 0 Å². The van der Waals surface area contributed by atoms with Gasteiger partial charge in [0.05, 0.1) is 5.52 Å². The van der Waals surface area contributed by atoms with Crippen molar-refractivity contribution in [2.24, 2.45) is 5.84 Å². The number of hydrogen-bond donors (Lipinski definition) is 2. The Balaban J connectivity index is 2.89. The van der Waals surface area contributed by atoms with Crippen LogP contribution in [0, 0.1) is 19.7 Å². The van der Waals surface area contributed by atoms with Crippen LogP contribution in [0.25, 0.3) is 10.9 Å². The van der Waals surface area contributed by atoms with Crippen LogP contribution in [-0.2, 0) is 0 Å². The molecule has 1 aromatic heterocycles. The van der Waals surface area contributed by atoms with E-state index in [-0.39, 0.29) is 5.82 Å². The van der Waals surface area contributed by atoms with E-state index in [2.05, 4.69) is 15.4 Å². The molecule has 5 heteroatoms. The van der Waals surface area contributed by atoms with Crippen molar-refractivity contribution in [2.75, 3.05) is 5.43 Å². The second-order valence-electron chi connectivity index (χ2n) is 3.33. The molecule has 3 N–H and O–H groups in total. The number of fused-ring (bicyclic) bond motifs is 1. The molecule has 15 heavy (non-hydrogen) atoms. The zero-order valence-electron chi connectivity index (χ0n) is 8.50. The Kier molecular flexibility index (Phi) is 2.24. The smallest absolute Gasteiger partial charge is 0.151 e. The SMILES string of the molecule is Cc1nc(NN)c2ccc(F)c(C)c2n1. The molecule has 0 radical (unpaired) electrons. The predicted octanol–water partition coefficient (Wildman–Crippen LogP) is 1.67. The summed E-state index contributed by atoms with van der Waals surface area (Å²) in [4.78, 5) is 8.32. The lowest BCUT2D eigenvalue weighted by Gasteiger charge is -2.08. The maximum atomic E-state index is 13.3. The summed E-state index contributed by atoms with van der Waals surface area (Å²) in [5.41, 5.74) is 3.59. The molecule has 0 aliphatic rings. The number of nitrogens with two attached hydrogens (primary N) is 1. The number of aromatic nitrogens is 2. The molecule has 78 valence electrons. The lowest BCUT2D eigenvalue weighted by Crippen LogP contribution is -2.10. The number of benzene rings is 1. The molecule has 0 atom stereocenters. The summed E-state index contributed by atoms with van der Waals surface area (Å²) in [7, 11) is 0. The van der Waals surface area contributed by atoms with E-state index in [0.717, 1.165) is 5.39 Å². The molecule has 4 nitrogen and oxygen atoms in total. The van der Waals surface area contributed by atoms with Crippen molar-refractivity contribution in [3.63, 3.8) is 0 Å². The monoisotopic (exact) mass is 206 g/mol. The van der Waals surface area contributed by atoms with Crippen LogP contribution in [-0.4, -0.2) is 9.97 Å². The molecule has 0 spiro atoms. The summed E-state index contributed by atoms with van der Waals surface area (Å²) < 4.78 is 13.3. The Morgan fingerprint density at radius 2 is 2.00 bits per heavy atom. The second-order valence-corrected chi connectivity index (χ2v) is 3.33. The number of hydrazine groups is 1. The van der Waals surface area contributed by atoms with E-state index in [1.54, 1.807) is 19.9 Å². The van der Waals surface area contributed by atoms with E-state index in [4.69, 9.17) is 5.84 Å². The Morgan fingerprint density at radius 3 is 2.67 bits per heavy atom. The fourth-order valence-corrected chi connectivity index (χ4v) is 1.53. The van der Waals surface area contributed by atoms with E-state index in [1.165, 1.54) is 6.07 Å². The van der Waals surface area contributed by atoms with Crippen molar-refractivity contribution in [1.82, 2.24) is 9.97 Å². The lowest BCUT2D eigenvalue weighted by atomic mass is 10.1. The van der Waals surface area contributed by atoms with Gasteiger partial charge in [0.1, 0.15) is 11.6 Å². The molecule has 0 unspecified atom stereocenters. The minimum atomic E-state index is -0.274. The fraction of sp³-hybridized carbons (Fsp3) is 0.200. The third kappa shape index (κ3) is 1.50. The van der Waals surface area contributed by atoms with E-state index in [0.29, 0.717) is 22.7 Å². The molecule has 1 heterocycles. The number of nitrogen functional groups attached to an aromatic ring is 1. The van der Waals surface area contributed by atoms with Crippen molar-refractivity contribution in [3.05, 3.63) is 29.3 Å². The van der Waals surface area contributed by atoms with Crippen molar-refractivity contribution >= 4 is 16.7 Å². The Labute approximate surface area is 86.3 Å². The molecule has 0 fully saturated rings. The third-order valence-corrected chi connectivity index (χ3v) is 2.30. The Hall–Kier alpha value is -1.75. The average molecular weight is 206 g/mol. The molecule has 0 saturated carbocycles. The predicted molar refractivity (Wildman–Crippen MR) is 56.8 cm³/mol. The van der Waals surface area contributed by atoms with Crippen LogP contribution in [0.1, 0.15) is 11.4 Å². The van der Waals surface area contributed by atoms with Crippen LogP contribution in [0.2, 0.25) is 0 Å². The second kappa shape index (κ2) is 3.43. The van der Waals surface area contributed by atoms with Crippen LogP contribution in [0.15, 0.2) is 12.1 Å². The van der Waals surface area contributed by atoms with Gasteiger partial charge in [-0.3, -0.25) is 0 Å². The number of hydrogen-bond acceptors (Lipinski definition) is 4. The van der Waals surface area contributed by atoms with Gasteiger partial charge >= 0.3 is 0 Å². The topological polar surface area (TPSA) is 63.8 Å². The van der Waals surface area contributed by atoms with Crippen molar-refractivity contribution in [2.45, 2.75) is 13.8 Å². The Bertz CT molecular complexity index is 524. The quantitative estimate of drug-likeness (QED) is 0.550. The number of anilines is 1. The first-order valence-corrected chi connectivity index (χ1v) is 4.53. The van der Waals surface area contributed by atoms with Crippen molar-refractivity contribution in [1.29, 1.82) is 0 Å². The average Bonchev–Trinajstić information content (AvgIpc) is 2.23. The van der Waals surface area contributed by atoms with E-state index >= 15 is 0 Å². The molecule has 0 aliphatic heterocycles. The zero-order valence-corrected chi connectivity index (χ0v) is 8.50. The van der Waals surface area contributed by atoms with E-state index < -0.39 is 0 Å². The molecular formula is C10H11FN4. The van der Waals surface area contributed by atoms with E-state index in [1.807, 2.05) is 0 Å². The highest BCUT2D eigenvalue weighted by molar-refractivity contribution is 5.91. The summed E-state index contributed by atoms with van der Waals surface area (Å²) in [6.07, 6.45) is 0. The van der Waals surface area contributed by atoms with Crippen LogP contribution in [0.4, 0.5) is 10.2 Å². The summed E-state index contributed by atoms with van der Waals surface area (Å²) in [6, 6.07) is 3.00. The van der Waals surface area contributed by atoms with Crippen molar-refractivity contribution < 1.29 is 4.39 Å². The summed E-state index contributed by atoms with van der Waals surface area (Å²) in [5.74, 6) is 6.14. The lowest BCUT2D eigenvalue weighted by molar-refractivity contribution is 0.620. The molecule has 0 saturated heterocycles. The van der Waals surface area contributed by atoms with Gasteiger partial charge in [0, 0.05) is 10.9 Å². The summed E-state index contributed by atoms with van der Waals surface area (Å²) in [5, 5.41) is 0.724. The first kappa shape index (κ1) is 9.79. The van der Waals surface area contributed by atoms with Crippen LogP contribution >= 0.6 is 0 Å². The third-order valence-electron chi connectivity index (χ3n) is 2.30. The van der Waals surface area contributed by atoms with E-state index in [9.17, 15) is 4.39 Å². The van der Waals surface area contributed by atoms with Gasteiger partial charge in [0.15, 0.2) is 5.82 Å². The van der Waals surface area contributed by atoms with Gasteiger partial charge in [0.2, 0.25) is 0 Å². The Morgan fingerprint density at radius 1 is 1.27 bits per heavy atom. The number of rotatable bonds is 1. The minimum Gasteiger partial charge on any atom is -0.308 e. The van der Waals surface area contributed by atoms with Gasteiger partial charge in [-0.2, -0.15) is 0 Å². The molecule has 0 amide bonds. The summed E-state index contributed by atoms with van der Waals surface area (Å²) in [6.45, 7) is 3.43. The van der Waals surface area contributed by atoms with Gasteiger partial charge in [-0.15, -0.1) is 0 Å². The molecule has 1 aromatic carbocycles. The number of halogens is 1. The van der Waals surface area contributed by atoms with Crippen LogP contribution < -0.4 is 11.3 Å². The maximum Gasteiger partial charge on any atom is 0.151 e. The standard InChI is InChI=1S/C10H11FN4/c1-5-8(11)4-3-7-9(5)13-6(2)14-10(7)15-12/h3-4H,12H2,1-2H3,(H,13,14,15). The number of nitrogens with one attached hydrogen (secondary N) is 1. The van der Waals surface area contributed by atoms with Crippen LogP contribution in [0.3, 0.4) is 0 Å². The first-order valence-electron chi connectivity index (χ1n) is 4.53.